The normalized spacial score (nSPS) is 21.6. The van der Waals surface area contributed by atoms with Crippen molar-refractivity contribution >= 4 is 11.8 Å². The van der Waals surface area contributed by atoms with Crippen LogP contribution in [0.1, 0.15) is 81.0 Å². The van der Waals surface area contributed by atoms with E-state index in [1.54, 1.807) is 6.07 Å². The Hall–Kier alpha value is -2.81. The van der Waals surface area contributed by atoms with E-state index in [-0.39, 0.29) is 81.9 Å². The van der Waals surface area contributed by atoms with Gasteiger partial charge >= 0.3 is 18.3 Å². The third-order valence-corrected chi connectivity index (χ3v) is 7.80. The van der Waals surface area contributed by atoms with E-state index in [1.165, 1.54) is 17.7 Å². The molecule has 222 valence electrons. The summed E-state index contributed by atoms with van der Waals surface area (Å²) in [6.45, 7) is 4.94. The quantitative estimate of drug-likeness (QED) is 0.413. The highest BCUT2D eigenvalue weighted by atomic mass is 19.4. The number of hydrogen-bond acceptors (Lipinski definition) is 4. The summed E-state index contributed by atoms with van der Waals surface area (Å²) in [6, 6.07) is 2.17. The van der Waals surface area contributed by atoms with Gasteiger partial charge in [-0.3, -0.25) is 9.59 Å². The van der Waals surface area contributed by atoms with Crippen LogP contribution in [0.3, 0.4) is 0 Å². The zero-order valence-corrected chi connectivity index (χ0v) is 22.7. The lowest BCUT2D eigenvalue weighted by Crippen LogP contribution is -2.53. The van der Waals surface area contributed by atoms with E-state index in [0.29, 0.717) is 5.56 Å². The topological polar surface area (TPSA) is 73.6 Å². The Labute approximate surface area is 230 Å². The molecule has 2 amide bonds. The average Bonchev–Trinajstić information content (AvgIpc) is 3.41. The lowest BCUT2D eigenvalue weighted by molar-refractivity contribution is -0.192. The van der Waals surface area contributed by atoms with Gasteiger partial charge < -0.3 is 14.5 Å². The van der Waals surface area contributed by atoms with Gasteiger partial charge in [-0.2, -0.15) is 31.6 Å². The third kappa shape index (κ3) is 7.47. The Morgan fingerprint density at radius 2 is 1.68 bits per heavy atom. The number of fused-ring (bicyclic) bond motifs is 1. The van der Waals surface area contributed by atoms with Crippen molar-refractivity contribution in [3.63, 3.8) is 0 Å². The van der Waals surface area contributed by atoms with E-state index in [0.717, 1.165) is 17.0 Å². The molecule has 2 aliphatic heterocycles. The second kappa shape index (κ2) is 13.2. The minimum atomic E-state index is -5.04. The SMILES string of the molecule is CCCC.N#Cc1cc(C(F)(F)F)cc2c1CCN(C(=O)C1CCC(N(C(=O)C(F)(F)F)C3CCOCC3)C1)C2. The molecule has 1 aromatic rings. The minimum absolute atomic E-state index is 0.0629. The maximum Gasteiger partial charge on any atom is 0.471 e. The van der Waals surface area contributed by atoms with Crippen molar-refractivity contribution < 1.29 is 40.7 Å². The molecule has 0 aromatic heterocycles. The largest absolute Gasteiger partial charge is 0.471 e. The zero-order chi connectivity index (χ0) is 29.7. The van der Waals surface area contributed by atoms with E-state index < -0.39 is 41.8 Å². The Morgan fingerprint density at radius 3 is 2.23 bits per heavy atom. The zero-order valence-electron chi connectivity index (χ0n) is 22.7. The number of halogens is 6. The van der Waals surface area contributed by atoms with Crippen molar-refractivity contribution in [3.05, 3.63) is 34.4 Å². The first-order chi connectivity index (χ1) is 18.8. The Morgan fingerprint density at radius 1 is 1.02 bits per heavy atom. The van der Waals surface area contributed by atoms with Gasteiger partial charge in [-0.05, 0) is 61.8 Å². The predicted octanol–water partition coefficient (Wildman–Crippen LogP) is 6.01. The number of ether oxygens (including phenoxy) is 1. The molecule has 1 saturated heterocycles. The highest BCUT2D eigenvalue weighted by molar-refractivity contribution is 5.83. The molecule has 0 N–H and O–H groups in total. The van der Waals surface area contributed by atoms with Crippen molar-refractivity contribution in [3.8, 4) is 6.07 Å². The molecular weight excluding hydrogens is 540 g/mol. The number of rotatable bonds is 4. The standard InChI is InChI=1S/C24H25F6N3O3.C4H10/c25-23(26,27)17-9-15(12-31)20-3-6-32(13-16(20)10-17)21(34)14-1-2-19(11-14)33(22(35)24(28,29)30)18-4-7-36-8-5-18;1-3-4-2/h9-10,14,18-19H,1-8,11,13H2;3-4H2,1-2H3. The second-order valence-corrected chi connectivity index (χ2v) is 10.5. The van der Waals surface area contributed by atoms with E-state index >= 15 is 0 Å². The summed E-state index contributed by atoms with van der Waals surface area (Å²) < 4.78 is 85.2. The molecule has 1 aromatic carbocycles. The molecule has 3 aliphatic rings. The van der Waals surface area contributed by atoms with Crippen LogP contribution in [-0.4, -0.2) is 59.6 Å². The van der Waals surface area contributed by atoms with Gasteiger partial charge in [0.1, 0.15) is 0 Å². The van der Waals surface area contributed by atoms with Crippen LogP contribution < -0.4 is 0 Å². The summed E-state index contributed by atoms with van der Waals surface area (Å²) >= 11 is 0. The number of unbranched alkanes of at least 4 members (excludes halogenated alkanes) is 1. The monoisotopic (exact) mass is 575 g/mol. The molecule has 2 unspecified atom stereocenters. The maximum absolute atomic E-state index is 13.4. The molecule has 0 spiro atoms. The summed E-state index contributed by atoms with van der Waals surface area (Å²) in [5.74, 6) is -2.91. The number of benzene rings is 1. The van der Waals surface area contributed by atoms with Gasteiger partial charge in [-0.1, -0.05) is 26.7 Å². The number of amides is 2. The Balaban J connectivity index is 0.00000103. The molecule has 12 heteroatoms. The molecule has 2 atom stereocenters. The Bertz CT molecular complexity index is 1090. The molecule has 0 radical (unpaired) electrons. The van der Waals surface area contributed by atoms with E-state index in [1.807, 2.05) is 0 Å². The summed E-state index contributed by atoms with van der Waals surface area (Å²) in [4.78, 5) is 27.8. The first kappa shape index (κ1) is 31.7. The fourth-order valence-electron chi connectivity index (χ4n) is 5.58. The highest BCUT2D eigenvalue weighted by Crippen LogP contribution is 2.38. The van der Waals surface area contributed by atoms with Gasteiger partial charge in [0.15, 0.2) is 0 Å². The predicted molar refractivity (Wildman–Crippen MR) is 134 cm³/mol. The molecule has 1 saturated carbocycles. The maximum atomic E-state index is 13.4. The first-order valence-electron chi connectivity index (χ1n) is 13.7. The van der Waals surface area contributed by atoms with Crippen LogP contribution in [0.4, 0.5) is 26.3 Å². The molecular formula is C28H35F6N3O3. The molecule has 4 rings (SSSR count). The van der Waals surface area contributed by atoms with E-state index in [2.05, 4.69) is 13.8 Å². The number of alkyl halides is 6. The van der Waals surface area contributed by atoms with Crippen molar-refractivity contribution in [2.45, 2.75) is 96.2 Å². The van der Waals surface area contributed by atoms with Crippen LogP contribution in [-0.2, 0) is 33.5 Å². The number of hydrogen-bond donors (Lipinski definition) is 0. The van der Waals surface area contributed by atoms with E-state index in [4.69, 9.17) is 4.74 Å². The molecule has 6 nitrogen and oxygen atoms in total. The van der Waals surface area contributed by atoms with Crippen molar-refractivity contribution in [1.82, 2.24) is 9.80 Å². The fraction of sp³-hybridized carbons (Fsp3) is 0.679. The molecule has 2 fully saturated rings. The molecule has 2 heterocycles. The Kier molecular flexibility index (Phi) is 10.5. The van der Waals surface area contributed by atoms with Crippen LogP contribution in [0.25, 0.3) is 0 Å². The summed E-state index contributed by atoms with van der Waals surface area (Å²) in [5.41, 5.74) is -0.330. The molecule has 1 aliphatic carbocycles. The summed E-state index contributed by atoms with van der Waals surface area (Å²) in [5, 5.41) is 9.30. The van der Waals surface area contributed by atoms with E-state index in [9.17, 15) is 41.2 Å². The van der Waals surface area contributed by atoms with Crippen molar-refractivity contribution in [1.29, 1.82) is 5.26 Å². The van der Waals surface area contributed by atoms with Crippen molar-refractivity contribution in [2.75, 3.05) is 19.8 Å². The second-order valence-electron chi connectivity index (χ2n) is 10.5. The van der Waals surface area contributed by atoms with Gasteiger partial charge in [0.2, 0.25) is 5.91 Å². The minimum Gasteiger partial charge on any atom is -0.381 e. The fourth-order valence-corrected chi connectivity index (χ4v) is 5.58. The van der Waals surface area contributed by atoms with Crippen LogP contribution in [0.5, 0.6) is 0 Å². The highest BCUT2D eigenvalue weighted by Gasteiger charge is 2.49. The van der Waals surface area contributed by atoms with Crippen molar-refractivity contribution in [2.24, 2.45) is 5.92 Å². The molecule has 0 bridgehead atoms. The number of carbonyl (C=O) groups excluding carboxylic acids is 2. The van der Waals surface area contributed by atoms with Crippen LogP contribution >= 0.6 is 0 Å². The average molecular weight is 576 g/mol. The van der Waals surface area contributed by atoms with Gasteiger partial charge in [0.05, 0.1) is 17.2 Å². The van der Waals surface area contributed by atoms with Gasteiger partial charge in [0, 0.05) is 44.3 Å². The lowest BCUT2D eigenvalue weighted by Gasteiger charge is -2.39. The van der Waals surface area contributed by atoms with Gasteiger partial charge in [0.25, 0.3) is 0 Å². The van der Waals surface area contributed by atoms with Crippen LogP contribution in [0.2, 0.25) is 0 Å². The summed E-state index contributed by atoms with van der Waals surface area (Å²) in [7, 11) is 0. The molecule has 40 heavy (non-hydrogen) atoms. The van der Waals surface area contributed by atoms with Crippen LogP contribution in [0.15, 0.2) is 12.1 Å². The number of carbonyl (C=O) groups is 2. The van der Waals surface area contributed by atoms with Gasteiger partial charge in [-0.25, -0.2) is 0 Å². The number of nitriles is 1. The first-order valence-corrected chi connectivity index (χ1v) is 13.7. The third-order valence-electron chi connectivity index (χ3n) is 7.80. The van der Waals surface area contributed by atoms with Gasteiger partial charge in [-0.15, -0.1) is 0 Å². The van der Waals surface area contributed by atoms with Crippen LogP contribution in [0, 0.1) is 17.2 Å². The summed E-state index contributed by atoms with van der Waals surface area (Å²) in [6.07, 6.45) is -5.70. The number of nitrogens with zero attached hydrogens (tertiary/aromatic N) is 3. The smallest absolute Gasteiger partial charge is 0.381 e. The lowest BCUT2D eigenvalue weighted by atomic mass is 9.91.